The normalized spacial score (nSPS) is 15.0. The summed E-state index contributed by atoms with van der Waals surface area (Å²) in [6, 6.07) is 0. The minimum absolute atomic E-state index is 0.000593. The molecule has 0 aliphatic carbocycles. The molecule has 1 fully saturated rings. The summed E-state index contributed by atoms with van der Waals surface area (Å²) in [7, 11) is 0. The maximum atomic E-state index is 11.5. The molecule has 0 bridgehead atoms. The molecule has 0 unspecified atom stereocenters. The number of likely N-dealkylation sites (tertiary alicyclic amines) is 1. The van der Waals surface area contributed by atoms with Gasteiger partial charge in [0, 0.05) is 19.4 Å². The Morgan fingerprint density at radius 1 is 0.680 bits per heavy atom. The standard InChI is InChI=1S/C22H39NO2/c1-2-3-4-5-6-7-8-9-10-11-12-13-14-15-16-17-20-23-21(24)18-19-22(23)25/h15-16H,2-14,17-20H2,1H3. The summed E-state index contributed by atoms with van der Waals surface area (Å²) >= 11 is 0. The number of carbonyl (C=O) groups is 2. The highest BCUT2D eigenvalue weighted by molar-refractivity contribution is 6.01. The molecule has 1 saturated heterocycles. The van der Waals surface area contributed by atoms with E-state index in [2.05, 4.69) is 19.1 Å². The molecular weight excluding hydrogens is 310 g/mol. The lowest BCUT2D eigenvalue weighted by Crippen LogP contribution is -2.29. The Bertz CT molecular complexity index is 373. The number of imide groups is 1. The number of unbranched alkanes of at least 4 members (excludes halogenated alkanes) is 12. The van der Waals surface area contributed by atoms with Gasteiger partial charge in [-0.05, 0) is 19.3 Å². The van der Waals surface area contributed by atoms with Crippen molar-refractivity contribution in [1.82, 2.24) is 4.90 Å². The fourth-order valence-electron chi connectivity index (χ4n) is 3.41. The zero-order valence-corrected chi connectivity index (χ0v) is 16.4. The number of amides is 2. The summed E-state index contributed by atoms with van der Waals surface area (Å²) < 4.78 is 0. The van der Waals surface area contributed by atoms with Gasteiger partial charge in [0.15, 0.2) is 0 Å². The van der Waals surface area contributed by atoms with E-state index in [-0.39, 0.29) is 11.8 Å². The van der Waals surface area contributed by atoms with Gasteiger partial charge >= 0.3 is 0 Å². The molecule has 0 atom stereocenters. The van der Waals surface area contributed by atoms with Crippen LogP contribution in [0, 0.1) is 0 Å². The Hall–Kier alpha value is -1.12. The molecule has 1 heterocycles. The van der Waals surface area contributed by atoms with Gasteiger partial charge in [-0.1, -0.05) is 89.7 Å². The second-order valence-electron chi connectivity index (χ2n) is 7.38. The van der Waals surface area contributed by atoms with Crippen LogP contribution in [0.3, 0.4) is 0 Å². The molecule has 0 aromatic carbocycles. The molecule has 3 nitrogen and oxygen atoms in total. The molecular formula is C22H39NO2. The van der Waals surface area contributed by atoms with Gasteiger partial charge in [0.25, 0.3) is 0 Å². The van der Waals surface area contributed by atoms with Crippen LogP contribution < -0.4 is 0 Å². The second kappa shape index (κ2) is 15.2. The first-order valence-electron chi connectivity index (χ1n) is 10.7. The number of carbonyl (C=O) groups excluding carboxylic acids is 2. The van der Waals surface area contributed by atoms with E-state index in [9.17, 15) is 9.59 Å². The molecule has 0 radical (unpaired) electrons. The van der Waals surface area contributed by atoms with Crippen molar-refractivity contribution in [3.8, 4) is 0 Å². The van der Waals surface area contributed by atoms with Gasteiger partial charge in [0.05, 0.1) is 0 Å². The van der Waals surface area contributed by atoms with Crippen LogP contribution >= 0.6 is 0 Å². The molecule has 0 aromatic heterocycles. The van der Waals surface area contributed by atoms with Crippen LogP contribution in [0.4, 0.5) is 0 Å². The number of hydrogen-bond acceptors (Lipinski definition) is 2. The van der Waals surface area contributed by atoms with Crippen LogP contribution in [-0.2, 0) is 9.59 Å². The van der Waals surface area contributed by atoms with E-state index in [0.29, 0.717) is 19.4 Å². The van der Waals surface area contributed by atoms with Crippen LogP contribution in [0.15, 0.2) is 12.2 Å². The molecule has 0 N–H and O–H groups in total. The predicted octanol–water partition coefficient (Wildman–Crippen LogP) is 6.17. The average molecular weight is 350 g/mol. The van der Waals surface area contributed by atoms with Gasteiger partial charge in [-0.25, -0.2) is 0 Å². The van der Waals surface area contributed by atoms with Gasteiger partial charge < -0.3 is 0 Å². The van der Waals surface area contributed by atoms with Crippen LogP contribution in [-0.4, -0.2) is 23.3 Å². The highest BCUT2D eigenvalue weighted by Gasteiger charge is 2.27. The molecule has 25 heavy (non-hydrogen) atoms. The quantitative estimate of drug-likeness (QED) is 0.190. The Balaban J connectivity index is 1.79. The lowest BCUT2D eigenvalue weighted by atomic mass is 10.0. The van der Waals surface area contributed by atoms with Crippen molar-refractivity contribution in [2.24, 2.45) is 0 Å². The maximum Gasteiger partial charge on any atom is 0.229 e. The third kappa shape index (κ3) is 11.2. The molecule has 144 valence electrons. The minimum Gasteiger partial charge on any atom is -0.282 e. The third-order valence-corrected chi connectivity index (χ3v) is 5.07. The molecule has 0 aromatic rings. The van der Waals surface area contributed by atoms with Crippen molar-refractivity contribution in [1.29, 1.82) is 0 Å². The SMILES string of the molecule is CCCCCCCCCCCCCCC=CCCN1C(=O)CCC1=O. The summed E-state index contributed by atoms with van der Waals surface area (Å²) in [6.07, 6.45) is 23.7. The highest BCUT2D eigenvalue weighted by atomic mass is 16.2. The monoisotopic (exact) mass is 349 g/mol. The van der Waals surface area contributed by atoms with E-state index in [4.69, 9.17) is 0 Å². The van der Waals surface area contributed by atoms with E-state index in [0.717, 1.165) is 12.8 Å². The van der Waals surface area contributed by atoms with Gasteiger partial charge in [-0.15, -0.1) is 0 Å². The van der Waals surface area contributed by atoms with E-state index in [1.165, 1.54) is 81.9 Å². The van der Waals surface area contributed by atoms with Gasteiger partial charge in [-0.2, -0.15) is 0 Å². The Labute approximate surface area is 155 Å². The lowest BCUT2D eigenvalue weighted by molar-refractivity contribution is -0.138. The lowest BCUT2D eigenvalue weighted by Gasteiger charge is -2.11. The number of nitrogens with zero attached hydrogens (tertiary/aromatic N) is 1. The van der Waals surface area contributed by atoms with E-state index >= 15 is 0 Å². The summed E-state index contributed by atoms with van der Waals surface area (Å²) in [5, 5.41) is 0. The summed E-state index contributed by atoms with van der Waals surface area (Å²) in [5.74, 6) is -0.00119. The van der Waals surface area contributed by atoms with Gasteiger partial charge in [0.2, 0.25) is 11.8 Å². The number of hydrogen-bond donors (Lipinski definition) is 0. The smallest absolute Gasteiger partial charge is 0.229 e. The zero-order chi connectivity index (χ0) is 18.2. The average Bonchev–Trinajstić information content (AvgIpc) is 2.93. The van der Waals surface area contributed by atoms with Crippen molar-refractivity contribution in [2.75, 3.05) is 6.54 Å². The molecule has 3 heteroatoms. The van der Waals surface area contributed by atoms with Crippen molar-refractivity contribution in [3.63, 3.8) is 0 Å². The second-order valence-corrected chi connectivity index (χ2v) is 7.38. The van der Waals surface area contributed by atoms with Crippen LogP contribution in [0.1, 0.15) is 110 Å². The molecule has 2 amide bonds. The van der Waals surface area contributed by atoms with Crippen LogP contribution in [0.25, 0.3) is 0 Å². The first kappa shape index (κ1) is 21.9. The highest BCUT2D eigenvalue weighted by Crippen LogP contribution is 2.13. The van der Waals surface area contributed by atoms with Gasteiger partial charge in [0.1, 0.15) is 0 Å². The molecule has 1 rings (SSSR count). The molecule has 1 aliphatic heterocycles. The van der Waals surface area contributed by atoms with Crippen molar-refractivity contribution in [2.45, 2.75) is 110 Å². The number of allylic oxidation sites excluding steroid dienone is 1. The predicted molar refractivity (Wildman–Crippen MR) is 105 cm³/mol. The van der Waals surface area contributed by atoms with E-state index in [1.807, 2.05) is 0 Å². The topological polar surface area (TPSA) is 37.4 Å². The fraction of sp³-hybridized carbons (Fsp3) is 0.818. The van der Waals surface area contributed by atoms with Crippen molar-refractivity contribution >= 4 is 11.8 Å². The van der Waals surface area contributed by atoms with Crippen molar-refractivity contribution in [3.05, 3.63) is 12.2 Å². The first-order chi connectivity index (χ1) is 12.3. The van der Waals surface area contributed by atoms with Crippen LogP contribution in [0.2, 0.25) is 0 Å². The molecule has 0 saturated carbocycles. The number of rotatable bonds is 16. The summed E-state index contributed by atoms with van der Waals surface area (Å²) in [6.45, 7) is 2.83. The van der Waals surface area contributed by atoms with Crippen molar-refractivity contribution < 1.29 is 9.59 Å². The Kier molecular flexibility index (Phi) is 13.3. The maximum absolute atomic E-state index is 11.5. The molecule has 1 aliphatic rings. The van der Waals surface area contributed by atoms with Gasteiger partial charge in [-0.3, -0.25) is 14.5 Å². The fourth-order valence-corrected chi connectivity index (χ4v) is 3.41. The summed E-state index contributed by atoms with van der Waals surface area (Å²) in [4.78, 5) is 24.3. The zero-order valence-electron chi connectivity index (χ0n) is 16.4. The van der Waals surface area contributed by atoms with Crippen LogP contribution in [0.5, 0.6) is 0 Å². The largest absolute Gasteiger partial charge is 0.282 e. The Morgan fingerprint density at radius 3 is 1.64 bits per heavy atom. The Morgan fingerprint density at radius 2 is 1.12 bits per heavy atom. The minimum atomic E-state index is -0.000593. The first-order valence-corrected chi connectivity index (χ1v) is 10.7. The van der Waals surface area contributed by atoms with E-state index < -0.39 is 0 Å². The van der Waals surface area contributed by atoms with E-state index in [1.54, 1.807) is 0 Å². The molecule has 0 spiro atoms. The summed E-state index contributed by atoms with van der Waals surface area (Å²) in [5.41, 5.74) is 0. The third-order valence-electron chi connectivity index (χ3n) is 5.07.